The van der Waals surface area contributed by atoms with E-state index in [0.29, 0.717) is 12.2 Å². The highest BCUT2D eigenvalue weighted by Gasteiger charge is 2.07. The molecule has 0 amide bonds. The van der Waals surface area contributed by atoms with Crippen molar-refractivity contribution in [3.05, 3.63) is 29.8 Å². The summed E-state index contributed by atoms with van der Waals surface area (Å²) in [5.41, 5.74) is 0.343. The number of halogens is 1. The van der Waals surface area contributed by atoms with Gasteiger partial charge in [-0.1, -0.05) is 0 Å². The SMILES string of the molecule is CC(C)OCCOC(=O)c1ccc(OF)cc1. The molecule has 0 unspecified atom stereocenters. The number of carbonyl (C=O) groups is 1. The molecule has 0 aliphatic rings. The summed E-state index contributed by atoms with van der Waals surface area (Å²) in [5, 5.41) is 0. The molecule has 1 aromatic carbocycles. The Morgan fingerprint density at radius 2 is 1.88 bits per heavy atom. The molecule has 0 aliphatic heterocycles. The van der Waals surface area contributed by atoms with E-state index in [-0.39, 0.29) is 18.5 Å². The van der Waals surface area contributed by atoms with Gasteiger partial charge in [0.2, 0.25) is 0 Å². The number of carbonyl (C=O) groups excluding carboxylic acids is 1. The van der Waals surface area contributed by atoms with Crippen LogP contribution in [0.5, 0.6) is 5.75 Å². The van der Waals surface area contributed by atoms with Crippen molar-refractivity contribution in [2.75, 3.05) is 13.2 Å². The zero-order valence-corrected chi connectivity index (χ0v) is 9.81. The average Bonchev–Trinajstić information content (AvgIpc) is 2.34. The molecule has 0 saturated heterocycles. The van der Waals surface area contributed by atoms with Gasteiger partial charge in [0.05, 0.1) is 18.3 Å². The minimum Gasteiger partial charge on any atom is -0.460 e. The van der Waals surface area contributed by atoms with Crippen LogP contribution in [0, 0.1) is 0 Å². The number of ether oxygens (including phenoxy) is 2. The summed E-state index contributed by atoms with van der Waals surface area (Å²) in [4.78, 5) is 15.0. The van der Waals surface area contributed by atoms with Crippen LogP contribution in [0.3, 0.4) is 0 Å². The number of hydrogen-bond donors (Lipinski definition) is 0. The van der Waals surface area contributed by atoms with Gasteiger partial charge in [0, 0.05) is 4.53 Å². The molecule has 0 aromatic heterocycles. The van der Waals surface area contributed by atoms with Gasteiger partial charge in [-0.05, 0) is 38.1 Å². The maximum absolute atomic E-state index is 11.7. The lowest BCUT2D eigenvalue weighted by Crippen LogP contribution is -2.13. The minimum absolute atomic E-state index is 0.0460. The van der Waals surface area contributed by atoms with Crippen LogP contribution in [-0.4, -0.2) is 25.3 Å². The van der Waals surface area contributed by atoms with Gasteiger partial charge in [-0.25, -0.2) is 4.79 Å². The lowest BCUT2D eigenvalue weighted by Gasteiger charge is -2.08. The van der Waals surface area contributed by atoms with Gasteiger partial charge in [-0.3, -0.25) is 4.94 Å². The topological polar surface area (TPSA) is 44.8 Å². The molecular weight excluding hydrogens is 227 g/mol. The summed E-state index contributed by atoms with van der Waals surface area (Å²) in [5.74, 6) is -0.424. The van der Waals surface area contributed by atoms with E-state index in [1.54, 1.807) is 0 Å². The monoisotopic (exact) mass is 242 g/mol. The Kier molecular flexibility index (Phi) is 5.42. The van der Waals surface area contributed by atoms with Gasteiger partial charge in [0.15, 0.2) is 5.75 Å². The molecular formula is C12H15FO4. The van der Waals surface area contributed by atoms with Gasteiger partial charge in [-0.15, -0.1) is 0 Å². The van der Waals surface area contributed by atoms with Crippen molar-refractivity contribution in [3.8, 4) is 5.75 Å². The molecule has 5 heteroatoms. The van der Waals surface area contributed by atoms with E-state index in [9.17, 15) is 9.32 Å². The molecule has 0 bridgehead atoms. The second-order valence-electron chi connectivity index (χ2n) is 3.66. The van der Waals surface area contributed by atoms with E-state index in [4.69, 9.17) is 9.47 Å². The van der Waals surface area contributed by atoms with Crippen molar-refractivity contribution in [1.82, 2.24) is 0 Å². The summed E-state index contributed by atoms with van der Waals surface area (Å²) in [6.45, 7) is 4.35. The van der Waals surface area contributed by atoms with Crippen molar-refractivity contribution in [2.24, 2.45) is 0 Å². The third-order valence-electron chi connectivity index (χ3n) is 1.95. The Hall–Kier alpha value is -1.62. The fraction of sp³-hybridized carbons (Fsp3) is 0.417. The van der Waals surface area contributed by atoms with Crippen LogP contribution in [0.4, 0.5) is 4.53 Å². The number of hydrogen-bond acceptors (Lipinski definition) is 4. The molecule has 1 aromatic rings. The molecule has 1 rings (SSSR count). The molecule has 0 fully saturated rings. The summed E-state index contributed by atoms with van der Waals surface area (Å²) in [7, 11) is 0. The van der Waals surface area contributed by atoms with Crippen LogP contribution in [-0.2, 0) is 9.47 Å². The smallest absolute Gasteiger partial charge is 0.338 e. The Labute approximate surface area is 99.2 Å². The normalized spacial score (nSPS) is 10.4. The fourth-order valence-electron chi connectivity index (χ4n) is 1.14. The molecule has 0 aliphatic carbocycles. The Morgan fingerprint density at radius 1 is 1.24 bits per heavy atom. The fourth-order valence-corrected chi connectivity index (χ4v) is 1.14. The Bertz CT molecular complexity index is 348. The van der Waals surface area contributed by atoms with Crippen LogP contribution >= 0.6 is 0 Å². The molecule has 0 saturated carbocycles. The van der Waals surface area contributed by atoms with E-state index in [1.165, 1.54) is 24.3 Å². The van der Waals surface area contributed by atoms with E-state index in [0.717, 1.165) is 0 Å². The molecule has 17 heavy (non-hydrogen) atoms. The third kappa shape index (κ3) is 4.82. The first kappa shape index (κ1) is 13.4. The van der Waals surface area contributed by atoms with Crippen LogP contribution in [0.2, 0.25) is 0 Å². The summed E-state index contributed by atoms with van der Waals surface area (Å²) in [6, 6.07) is 5.56. The van der Waals surface area contributed by atoms with E-state index in [2.05, 4.69) is 4.94 Å². The molecule has 4 nitrogen and oxygen atoms in total. The first-order valence-electron chi connectivity index (χ1n) is 5.31. The van der Waals surface area contributed by atoms with Gasteiger partial charge in [-0.2, -0.15) is 0 Å². The van der Waals surface area contributed by atoms with Crippen LogP contribution in [0.15, 0.2) is 24.3 Å². The van der Waals surface area contributed by atoms with Crippen LogP contribution < -0.4 is 4.94 Å². The van der Waals surface area contributed by atoms with Crippen molar-refractivity contribution >= 4 is 5.97 Å². The number of esters is 1. The zero-order chi connectivity index (χ0) is 12.7. The van der Waals surface area contributed by atoms with E-state index < -0.39 is 5.97 Å². The first-order chi connectivity index (χ1) is 8.13. The third-order valence-corrected chi connectivity index (χ3v) is 1.95. The second kappa shape index (κ2) is 6.85. The summed E-state index contributed by atoms with van der Waals surface area (Å²) in [6.07, 6.45) is 0.106. The number of rotatable bonds is 6. The van der Waals surface area contributed by atoms with Crippen molar-refractivity contribution in [3.63, 3.8) is 0 Å². The van der Waals surface area contributed by atoms with Crippen molar-refractivity contribution in [1.29, 1.82) is 0 Å². The number of benzene rings is 1. The maximum atomic E-state index is 11.7. The van der Waals surface area contributed by atoms with Gasteiger partial charge in [0.1, 0.15) is 6.61 Å². The standard InChI is InChI=1S/C12H15FO4/c1-9(2)15-7-8-16-12(14)10-3-5-11(17-13)6-4-10/h3-6,9H,7-8H2,1-2H3. The molecule has 0 N–H and O–H groups in total. The molecule has 0 heterocycles. The molecule has 0 spiro atoms. The highest BCUT2D eigenvalue weighted by Crippen LogP contribution is 2.12. The van der Waals surface area contributed by atoms with Gasteiger partial charge >= 0.3 is 5.97 Å². The Balaban J connectivity index is 2.36. The van der Waals surface area contributed by atoms with Gasteiger partial charge < -0.3 is 9.47 Å². The predicted octanol–water partition coefficient (Wildman–Crippen LogP) is 2.53. The Morgan fingerprint density at radius 3 is 2.41 bits per heavy atom. The second-order valence-corrected chi connectivity index (χ2v) is 3.66. The first-order valence-corrected chi connectivity index (χ1v) is 5.31. The average molecular weight is 242 g/mol. The highest BCUT2D eigenvalue weighted by molar-refractivity contribution is 5.89. The van der Waals surface area contributed by atoms with Crippen LogP contribution in [0.1, 0.15) is 24.2 Å². The van der Waals surface area contributed by atoms with E-state index in [1.807, 2.05) is 13.8 Å². The van der Waals surface area contributed by atoms with Crippen molar-refractivity contribution in [2.45, 2.75) is 20.0 Å². The quantitative estimate of drug-likeness (QED) is 0.568. The predicted molar refractivity (Wildman–Crippen MR) is 59.5 cm³/mol. The molecule has 0 radical (unpaired) electrons. The van der Waals surface area contributed by atoms with Crippen LogP contribution in [0.25, 0.3) is 0 Å². The lowest BCUT2D eigenvalue weighted by molar-refractivity contribution is -0.00627. The largest absolute Gasteiger partial charge is 0.460 e. The zero-order valence-electron chi connectivity index (χ0n) is 9.81. The van der Waals surface area contributed by atoms with Gasteiger partial charge in [0.25, 0.3) is 0 Å². The lowest BCUT2D eigenvalue weighted by atomic mass is 10.2. The maximum Gasteiger partial charge on any atom is 0.338 e. The van der Waals surface area contributed by atoms with Crippen molar-refractivity contribution < 1.29 is 23.7 Å². The molecule has 94 valence electrons. The summed E-state index contributed by atoms with van der Waals surface area (Å²) >= 11 is 0. The highest BCUT2D eigenvalue weighted by atomic mass is 19.3. The van der Waals surface area contributed by atoms with E-state index >= 15 is 0 Å². The minimum atomic E-state index is -0.470. The molecule has 0 atom stereocenters. The summed E-state index contributed by atoms with van der Waals surface area (Å²) < 4.78 is 21.9.